The molecule has 0 bridgehead atoms. The Morgan fingerprint density at radius 3 is 2.88 bits per heavy atom. The third kappa shape index (κ3) is 3.01. The van der Waals surface area contributed by atoms with Crippen LogP contribution in [0, 0.1) is 13.8 Å². The zero-order valence-corrected chi connectivity index (χ0v) is 11.3. The van der Waals surface area contributed by atoms with Crippen LogP contribution in [0.5, 0.6) is 0 Å². The number of nitrogens with zero attached hydrogens (tertiary/aromatic N) is 1. The second kappa shape index (κ2) is 5.54. The maximum absolute atomic E-state index is 3.56. The van der Waals surface area contributed by atoms with Crippen LogP contribution in [0.1, 0.15) is 30.9 Å². The van der Waals surface area contributed by atoms with Gasteiger partial charge in [-0.1, -0.05) is 12.1 Å². The molecule has 1 aliphatic heterocycles. The summed E-state index contributed by atoms with van der Waals surface area (Å²) in [5, 5.41) is 3.56. The van der Waals surface area contributed by atoms with Crippen molar-refractivity contribution in [3.05, 3.63) is 29.3 Å². The molecule has 1 fully saturated rings. The molecule has 1 saturated heterocycles. The van der Waals surface area contributed by atoms with Crippen molar-refractivity contribution >= 4 is 5.69 Å². The van der Waals surface area contributed by atoms with E-state index in [0.29, 0.717) is 6.04 Å². The molecule has 0 aliphatic carbocycles. The van der Waals surface area contributed by atoms with E-state index in [9.17, 15) is 0 Å². The lowest BCUT2D eigenvalue weighted by Crippen LogP contribution is -2.38. The molecule has 0 amide bonds. The predicted octanol–water partition coefficient (Wildman–Crippen LogP) is 2.88. The summed E-state index contributed by atoms with van der Waals surface area (Å²) in [6.07, 6.45) is 2.46. The fourth-order valence-electron chi connectivity index (χ4n) is 2.50. The first-order valence-electron chi connectivity index (χ1n) is 6.73. The van der Waals surface area contributed by atoms with Crippen LogP contribution in [-0.2, 0) is 0 Å². The van der Waals surface area contributed by atoms with Crippen molar-refractivity contribution in [2.45, 2.75) is 39.7 Å². The van der Waals surface area contributed by atoms with Crippen LogP contribution < -0.4 is 10.2 Å². The van der Waals surface area contributed by atoms with Crippen molar-refractivity contribution in [1.82, 2.24) is 5.32 Å². The fraction of sp³-hybridized carbons (Fsp3) is 0.600. The van der Waals surface area contributed by atoms with Crippen molar-refractivity contribution in [1.29, 1.82) is 0 Å². The van der Waals surface area contributed by atoms with Gasteiger partial charge < -0.3 is 10.2 Å². The van der Waals surface area contributed by atoms with E-state index in [0.717, 1.165) is 6.54 Å². The van der Waals surface area contributed by atoms with Crippen molar-refractivity contribution in [3.8, 4) is 0 Å². The van der Waals surface area contributed by atoms with Crippen LogP contribution >= 0.6 is 0 Å². The van der Waals surface area contributed by atoms with Gasteiger partial charge in [-0.3, -0.25) is 0 Å². The highest BCUT2D eigenvalue weighted by atomic mass is 15.1. The van der Waals surface area contributed by atoms with Gasteiger partial charge in [-0.25, -0.2) is 0 Å². The third-order valence-electron chi connectivity index (χ3n) is 3.85. The smallest absolute Gasteiger partial charge is 0.0398 e. The van der Waals surface area contributed by atoms with Crippen LogP contribution in [0.15, 0.2) is 18.2 Å². The number of nitrogens with one attached hydrogen (secondary N) is 1. The van der Waals surface area contributed by atoms with Gasteiger partial charge in [-0.15, -0.1) is 0 Å². The quantitative estimate of drug-likeness (QED) is 0.801. The van der Waals surface area contributed by atoms with Crippen LogP contribution in [0.3, 0.4) is 0 Å². The second-order valence-electron chi connectivity index (χ2n) is 5.20. The first-order chi connectivity index (χ1) is 8.18. The Morgan fingerprint density at radius 2 is 2.06 bits per heavy atom. The highest BCUT2D eigenvalue weighted by Crippen LogP contribution is 2.23. The molecule has 0 spiro atoms. The van der Waals surface area contributed by atoms with Gasteiger partial charge in [0.1, 0.15) is 0 Å². The van der Waals surface area contributed by atoms with Gasteiger partial charge in [-0.2, -0.15) is 0 Å². The molecule has 1 atom stereocenters. The Hall–Kier alpha value is -1.02. The van der Waals surface area contributed by atoms with Gasteiger partial charge in [0.15, 0.2) is 0 Å². The normalized spacial score (nSPS) is 22.1. The Kier molecular flexibility index (Phi) is 4.06. The van der Waals surface area contributed by atoms with E-state index in [1.165, 1.54) is 42.7 Å². The number of hydrogen-bond acceptors (Lipinski definition) is 2. The second-order valence-corrected chi connectivity index (χ2v) is 5.20. The van der Waals surface area contributed by atoms with E-state index >= 15 is 0 Å². The number of aryl methyl sites for hydroxylation is 1. The largest absolute Gasteiger partial charge is 0.371 e. The molecule has 0 saturated carbocycles. The maximum Gasteiger partial charge on any atom is 0.0398 e. The average molecular weight is 232 g/mol. The summed E-state index contributed by atoms with van der Waals surface area (Å²) in [5.74, 6) is 0. The van der Waals surface area contributed by atoms with Gasteiger partial charge in [0.05, 0.1) is 0 Å². The first-order valence-corrected chi connectivity index (χ1v) is 6.73. The summed E-state index contributed by atoms with van der Waals surface area (Å²) in [6, 6.07) is 7.29. The van der Waals surface area contributed by atoms with E-state index < -0.39 is 0 Å². The molecule has 1 N–H and O–H groups in total. The number of benzene rings is 1. The van der Waals surface area contributed by atoms with E-state index in [4.69, 9.17) is 0 Å². The predicted molar refractivity (Wildman–Crippen MR) is 74.8 cm³/mol. The number of hydrogen-bond donors (Lipinski definition) is 1. The minimum absolute atomic E-state index is 0.642. The molecule has 2 rings (SSSR count). The summed E-state index contributed by atoms with van der Waals surface area (Å²) in [4.78, 5) is 2.56. The SMILES string of the molecule is Cc1cccc(N2CCCNC(C)CC2)c1C. The molecule has 1 aliphatic rings. The summed E-state index contributed by atoms with van der Waals surface area (Å²) < 4.78 is 0. The minimum atomic E-state index is 0.642. The van der Waals surface area contributed by atoms with Crippen molar-refractivity contribution in [3.63, 3.8) is 0 Å². The number of anilines is 1. The van der Waals surface area contributed by atoms with E-state index in [-0.39, 0.29) is 0 Å². The molecule has 2 heteroatoms. The molecule has 94 valence electrons. The Balaban J connectivity index is 2.16. The van der Waals surface area contributed by atoms with E-state index in [2.05, 4.69) is 49.2 Å². The van der Waals surface area contributed by atoms with Crippen LogP contribution in [-0.4, -0.2) is 25.7 Å². The van der Waals surface area contributed by atoms with E-state index in [1.807, 2.05) is 0 Å². The first kappa shape index (κ1) is 12.4. The summed E-state index contributed by atoms with van der Waals surface area (Å²) in [5.41, 5.74) is 4.27. The lowest BCUT2D eigenvalue weighted by molar-refractivity contribution is 0.475. The highest BCUT2D eigenvalue weighted by molar-refractivity contribution is 5.56. The molecule has 17 heavy (non-hydrogen) atoms. The Labute approximate surface area is 105 Å². The van der Waals surface area contributed by atoms with Crippen molar-refractivity contribution < 1.29 is 0 Å². The molecule has 1 aromatic rings. The summed E-state index contributed by atoms with van der Waals surface area (Å²) in [6.45, 7) is 10.2. The maximum atomic E-state index is 3.56. The molecule has 1 unspecified atom stereocenters. The van der Waals surface area contributed by atoms with Gasteiger partial charge in [0.2, 0.25) is 0 Å². The molecular weight excluding hydrogens is 208 g/mol. The molecule has 0 aromatic heterocycles. The number of rotatable bonds is 1. The molecule has 1 aromatic carbocycles. The average Bonchev–Trinajstić information content (AvgIpc) is 2.29. The zero-order valence-electron chi connectivity index (χ0n) is 11.3. The van der Waals surface area contributed by atoms with Gasteiger partial charge in [-0.05, 0) is 57.4 Å². The molecule has 2 nitrogen and oxygen atoms in total. The Bertz CT molecular complexity index is 373. The van der Waals surface area contributed by atoms with Gasteiger partial charge in [0.25, 0.3) is 0 Å². The van der Waals surface area contributed by atoms with Gasteiger partial charge in [0, 0.05) is 24.8 Å². The zero-order chi connectivity index (χ0) is 12.3. The topological polar surface area (TPSA) is 15.3 Å². The summed E-state index contributed by atoms with van der Waals surface area (Å²) >= 11 is 0. The molecule has 0 radical (unpaired) electrons. The fourth-order valence-corrected chi connectivity index (χ4v) is 2.50. The Morgan fingerprint density at radius 1 is 1.24 bits per heavy atom. The van der Waals surface area contributed by atoms with Crippen molar-refractivity contribution in [2.75, 3.05) is 24.5 Å². The monoisotopic (exact) mass is 232 g/mol. The van der Waals surface area contributed by atoms with Crippen LogP contribution in [0.25, 0.3) is 0 Å². The van der Waals surface area contributed by atoms with Gasteiger partial charge >= 0.3 is 0 Å². The molecular formula is C15H24N2. The minimum Gasteiger partial charge on any atom is -0.371 e. The highest BCUT2D eigenvalue weighted by Gasteiger charge is 2.14. The summed E-state index contributed by atoms with van der Waals surface area (Å²) in [7, 11) is 0. The molecule has 1 heterocycles. The van der Waals surface area contributed by atoms with E-state index in [1.54, 1.807) is 0 Å². The van der Waals surface area contributed by atoms with Crippen LogP contribution in [0.2, 0.25) is 0 Å². The standard InChI is InChI=1S/C15H24N2/c1-12-6-4-7-15(14(12)3)17-10-5-9-16-13(2)8-11-17/h4,6-7,13,16H,5,8-11H2,1-3H3. The van der Waals surface area contributed by atoms with Crippen LogP contribution in [0.4, 0.5) is 5.69 Å². The lowest BCUT2D eigenvalue weighted by atomic mass is 10.1. The lowest BCUT2D eigenvalue weighted by Gasteiger charge is -2.31. The van der Waals surface area contributed by atoms with Crippen molar-refractivity contribution in [2.24, 2.45) is 0 Å². The third-order valence-corrected chi connectivity index (χ3v) is 3.85.